The number of amides is 5. The lowest BCUT2D eigenvalue weighted by molar-refractivity contribution is -0.127. The fraction of sp³-hybridized carbons (Fsp3) is 0.143. The number of benzene rings is 3. The van der Waals surface area contributed by atoms with Crippen LogP contribution in [0, 0.1) is 6.92 Å². The molecule has 0 aromatic heterocycles. The molecule has 1 heterocycles. The van der Waals surface area contributed by atoms with Gasteiger partial charge in [-0.2, -0.15) is 0 Å². The Hall–Kier alpha value is -5.12. The number of anilines is 2. The molecule has 194 valence electrons. The van der Waals surface area contributed by atoms with Crippen LogP contribution in [-0.4, -0.2) is 48.9 Å². The third-order valence-corrected chi connectivity index (χ3v) is 5.50. The quantitative estimate of drug-likeness (QED) is 0.296. The third kappa shape index (κ3) is 6.35. The first-order valence-electron chi connectivity index (χ1n) is 11.7. The molecule has 10 nitrogen and oxygen atoms in total. The molecule has 0 bridgehead atoms. The van der Waals surface area contributed by atoms with Crippen LogP contribution >= 0.6 is 0 Å². The van der Waals surface area contributed by atoms with Crippen LogP contribution in [0.5, 0.6) is 11.5 Å². The molecule has 0 radical (unpaired) electrons. The van der Waals surface area contributed by atoms with Crippen molar-refractivity contribution in [2.45, 2.75) is 6.92 Å². The summed E-state index contributed by atoms with van der Waals surface area (Å²) in [4.78, 5) is 51.1. The molecular weight excluding hydrogens is 488 g/mol. The van der Waals surface area contributed by atoms with Gasteiger partial charge in [0.05, 0.1) is 7.11 Å². The van der Waals surface area contributed by atoms with E-state index in [-0.39, 0.29) is 18.1 Å². The van der Waals surface area contributed by atoms with Crippen molar-refractivity contribution >= 4 is 41.2 Å². The van der Waals surface area contributed by atoms with E-state index in [1.165, 1.54) is 13.2 Å². The van der Waals surface area contributed by atoms with Gasteiger partial charge in [-0.25, -0.2) is 9.69 Å². The lowest BCUT2D eigenvalue weighted by atomic mass is 10.1. The fourth-order valence-electron chi connectivity index (χ4n) is 3.76. The number of hydrogen-bond acceptors (Lipinski definition) is 6. The van der Waals surface area contributed by atoms with Gasteiger partial charge in [0.15, 0.2) is 18.1 Å². The molecular formula is C28H26N4O6. The van der Waals surface area contributed by atoms with Crippen molar-refractivity contribution in [3.05, 3.63) is 89.6 Å². The number of ether oxygens (including phenoxy) is 2. The molecule has 3 aromatic carbocycles. The van der Waals surface area contributed by atoms with Gasteiger partial charge in [-0.05, 0) is 48.9 Å². The standard InChI is InChI=1S/C28H26N4O6/c1-18-8-6-12-21(14-18)30-24(33)16-32-27(35)22(31-28(32)36)15-19-9-7-13-23(37-2)26(19)38-17-25(34)29-20-10-4-3-5-11-20/h3-15H,16-17H2,1-2H3,(H,29,34)(H,30,33)(H,31,36)/b22-15+. The molecule has 0 aliphatic carbocycles. The Morgan fingerprint density at radius 2 is 1.63 bits per heavy atom. The number of para-hydroxylation sites is 2. The number of nitrogens with one attached hydrogen (secondary N) is 3. The number of urea groups is 1. The molecule has 0 saturated carbocycles. The number of aryl methyl sites for hydroxylation is 1. The molecule has 0 atom stereocenters. The van der Waals surface area contributed by atoms with E-state index < -0.39 is 30.3 Å². The van der Waals surface area contributed by atoms with Crippen molar-refractivity contribution in [2.75, 3.05) is 30.9 Å². The van der Waals surface area contributed by atoms with E-state index in [1.807, 2.05) is 19.1 Å². The summed E-state index contributed by atoms with van der Waals surface area (Å²) in [6.07, 6.45) is 1.41. The monoisotopic (exact) mass is 514 g/mol. The Bertz CT molecular complexity index is 1400. The third-order valence-electron chi connectivity index (χ3n) is 5.50. The molecule has 0 spiro atoms. The lowest BCUT2D eigenvalue weighted by Gasteiger charge is -2.14. The fourth-order valence-corrected chi connectivity index (χ4v) is 3.76. The maximum Gasteiger partial charge on any atom is 0.329 e. The van der Waals surface area contributed by atoms with Crippen molar-refractivity contribution in [3.63, 3.8) is 0 Å². The minimum atomic E-state index is -0.728. The summed E-state index contributed by atoms with van der Waals surface area (Å²) in [5.74, 6) is -1.04. The van der Waals surface area contributed by atoms with Gasteiger partial charge in [-0.15, -0.1) is 0 Å². The highest BCUT2D eigenvalue weighted by atomic mass is 16.5. The van der Waals surface area contributed by atoms with Crippen LogP contribution < -0.4 is 25.4 Å². The van der Waals surface area contributed by atoms with E-state index in [4.69, 9.17) is 9.47 Å². The van der Waals surface area contributed by atoms with E-state index in [9.17, 15) is 19.2 Å². The van der Waals surface area contributed by atoms with Gasteiger partial charge in [-0.3, -0.25) is 14.4 Å². The van der Waals surface area contributed by atoms with Gasteiger partial charge in [0.25, 0.3) is 11.8 Å². The number of carbonyl (C=O) groups is 4. The zero-order valence-corrected chi connectivity index (χ0v) is 20.8. The van der Waals surface area contributed by atoms with Gasteiger partial charge in [0, 0.05) is 16.9 Å². The summed E-state index contributed by atoms with van der Waals surface area (Å²) in [5.41, 5.74) is 2.48. The first kappa shape index (κ1) is 26.0. The van der Waals surface area contributed by atoms with E-state index in [0.717, 1.165) is 10.5 Å². The summed E-state index contributed by atoms with van der Waals surface area (Å²) in [7, 11) is 1.44. The predicted octanol–water partition coefficient (Wildman–Crippen LogP) is 3.55. The van der Waals surface area contributed by atoms with Crippen LogP contribution in [-0.2, 0) is 14.4 Å². The van der Waals surface area contributed by atoms with Crippen molar-refractivity contribution in [1.29, 1.82) is 0 Å². The smallest absolute Gasteiger partial charge is 0.329 e. The maximum atomic E-state index is 13.0. The maximum absolute atomic E-state index is 13.0. The Labute approximate surface area is 219 Å². The first-order chi connectivity index (χ1) is 18.3. The second kappa shape index (κ2) is 11.7. The summed E-state index contributed by atoms with van der Waals surface area (Å²) in [5, 5.41) is 7.89. The highest BCUT2D eigenvalue weighted by Gasteiger charge is 2.35. The highest BCUT2D eigenvalue weighted by Crippen LogP contribution is 2.33. The lowest BCUT2D eigenvalue weighted by Crippen LogP contribution is -2.38. The second-order valence-corrected chi connectivity index (χ2v) is 8.38. The molecule has 4 rings (SSSR count). The molecule has 1 fully saturated rings. The molecule has 5 amide bonds. The van der Waals surface area contributed by atoms with Crippen LogP contribution in [0.2, 0.25) is 0 Å². The summed E-state index contributed by atoms with van der Waals surface area (Å²) < 4.78 is 11.1. The van der Waals surface area contributed by atoms with E-state index in [1.54, 1.807) is 60.7 Å². The zero-order chi connectivity index (χ0) is 27.1. The van der Waals surface area contributed by atoms with Crippen LogP contribution in [0.1, 0.15) is 11.1 Å². The zero-order valence-electron chi connectivity index (χ0n) is 20.8. The second-order valence-electron chi connectivity index (χ2n) is 8.38. The average molecular weight is 515 g/mol. The van der Waals surface area contributed by atoms with Crippen molar-refractivity contribution in [3.8, 4) is 11.5 Å². The molecule has 1 saturated heterocycles. The number of methoxy groups -OCH3 is 1. The van der Waals surface area contributed by atoms with Crippen molar-refractivity contribution in [1.82, 2.24) is 10.2 Å². The summed E-state index contributed by atoms with van der Waals surface area (Å²) >= 11 is 0. The van der Waals surface area contributed by atoms with Gasteiger partial charge in [0.2, 0.25) is 5.91 Å². The summed E-state index contributed by atoms with van der Waals surface area (Å²) in [6, 6.07) is 20.3. The van der Waals surface area contributed by atoms with Crippen LogP contribution in [0.25, 0.3) is 6.08 Å². The number of hydrogen-bond donors (Lipinski definition) is 3. The molecule has 3 aromatic rings. The first-order valence-corrected chi connectivity index (χ1v) is 11.7. The van der Waals surface area contributed by atoms with Gasteiger partial charge >= 0.3 is 6.03 Å². The summed E-state index contributed by atoms with van der Waals surface area (Å²) in [6.45, 7) is 1.10. The number of carbonyl (C=O) groups excluding carboxylic acids is 4. The topological polar surface area (TPSA) is 126 Å². The van der Waals surface area contributed by atoms with Crippen LogP contribution in [0.3, 0.4) is 0 Å². The van der Waals surface area contributed by atoms with Gasteiger partial charge in [0.1, 0.15) is 12.2 Å². The molecule has 1 aliphatic heterocycles. The molecule has 0 unspecified atom stereocenters. The van der Waals surface area contributed by atoms with Crippen molar-refractivity contribution in [2.24, 2.45) is 0 Å². The van der Waals surface area contributed by atoms with E-state index in [0.29, 0.717) is 22.7 Å². The SMILES string of the molecule is COc1cccc(/C=C2/NC(=O)N(CC(=O)Nc3cccc(C)c3)C2=O)c1OCC(=O)Nc1ccccc1. The minimum Gasteiger partial charge on any atom is -0.493 e. The van der Waals surface area contributed by atoms with Crippen molar-refractivity contribution < 1.29 is 28.7 Å². The van der Waals surface area contributed by atoms with E-state index >= 15 is 0 Å². The Morgan fingerprint density at radius 1 is 0.921 bits per heavy atom. The number of imide groups is 1. The Morgan fingerprint density at radius 3 is 2.37 bits per heavy atom. The van der Waals surface area contributed by atoms with Crippen LogP contribution in [0.4, 0.5) is 16.2 Å². The molecule has 3 N–H and O–H groups in total. The van der Waals surface area contributed by atoms with E-state index in [2.05, 4.69) is 16.0 Å². The normalized spacial score (nSPS) is 13.7. The largest absolute Gasteiger partial charge is 0.493 e. The number of nitrogens with zero attached hydrogens (tertiary/aromatic N) is 1. The molecule has 38 heavy (non-hydrogen) atoms. The minimum absolute atomic E-state index is 0.0507. The predicted molar refractivity (Wildman–Crippen MR) is 142 cm³/mol. The Balaban J connectivity index is 1.47. The van der Waals surface area contributed by atoms with Gasteiger partial charge < -0.3 is 25.4 Å². The average Bonchev–Trinajstić information content (AvgIpc) is 3.15. The molecule has 1 aliphatic rings. The van der Waals surface area contributed by atoms with Gasteiger partial charge in [-0.1, -0.05) is 42.5 Å². The molecule has 10 heteroatoms. The number of rotatable bonds is 9. The Kier molecular flexibility index (Phi) is 8.02. The highest BCUT2D eigenvalue weighted by molar-refractivity contribution is 6.16. The van der Waals surface area contributed by atoms with Crippen LogP contribution in [0.15, 0.2) is 78.5 Å².